The van der Waals surface area contributed by atoms with Crippen LogP contribution in [0.5, 0.6) is 0 Å². The SMILES string of the molecule is CCN(C)c1ccc(-c2noc(CNC(=O)C(C)(C)C)n2)cc1. The Morgan fingerprint density at radius 3 is 2.48 bits per heavy atom. The molecule has 0 aliphatic carbocycles. The average Bonchev–Trinajstić information content (AvgIpc) is 3.00. The molecule has 0 fully saturated rings. The van der Waals surface area contributed by atoms with E-state index in [4.69, 9.17) is 4.52 Å². The van der Waals surface area contributed by atoms with Crippen molar-refractivity contribution in [3.8, 4) is 11.4 Å². The Bertz CT molecular complexity index is 656. The van der Waals surface area contributed by atoms with Gasteiger partial charge < -0.3 is 14.7 Å². The predicted octanol–water partition coefficient (Wildman–Crippen LogP) is 2.86. The molecule has 124 valence electrons. The molecule has 23 heavy (non-hydrogen) atoms. The Kier molecular flexibility index (Phi) is 5.03. The minimum Gasteiger partial charge on any atom is -0.375 e. The molecule has 1 amide bonds. The Hall–Kier alpha value is -2.37. The third kappa shape index (κ3) is 4.31. The van der Waals surface area contributed by atoms with E-state index in [1.165, 1.54) is 0 Å². The molecule has 0 unspecified atom stereocenters. The topological polar surface area (TPSA) is 71.3 Å². The zero-order chi connectivity index (χ0) is 17.0. The van der Waals surface area contributed by atoms with E-state index in [1.54, 1.807) is 0 Å². The third-order valence-corrected chi connectivity index (χ3v) is 3.59. The Balaban J connectivity index is 2.03. The van der Waals surface area contributed by atoms with Crippen LogP contribution in [0.1, 0.15) is 33.6 Å². The van der Waals surface area contributed by atoms with Gasteiger partial charge in [-0.2, -0.15) is 4.98 Å². The average molecular weight is 316 g/mol. The summed E-state index contributed by atoms with van der Waals surface area (Å²) in [4.78, 5) is 18.3. The molecule has 0 aliphatic rings. The van der Waals surface area contributed by atoms with Gasteiger partial charge in [0.05, 0.1) is 6.54 Å². The smallest absolute Gasteiger partial charge is 0.246 e. The van der Waals surface area contributed by atoms with E-state index < -0.39 is 5.41 Å². The van der Waals surface area contributed by atoms with Gasteiger partial charge in [0.2, 0.25) is 17.6 Å². The lowest BCUT2D eigenvalue weighted by molar-refractivity contribution is -0.128. The molecule has 1 aromatic heterocycles. The van der Waals surface area contributed by atoms with Crippen molar-refractivity contribution in [1.82, 2.24) is 15.5 Å². The van der Waals surface area contributed by atoms with Crippen LogP contribution in [0.15, 0.2) is 28.8 Å². The monoisotopic (exact) mass is 316 g/mol. The first kappa shape index (κ1) is 17.0. The molecule has 6 heteroatoms. The maximum atomic E-state index is 11.8. The van der Waals surface area contributed by atoms with Crippen LogP contribution < -0.4 is 10.2 Å². The Morgan fingerprint density at radius 2 is 1.91 bits per heavy atom. The number of nitrogens with one attached hydrogen (secondary N) is 1. The van der Waals surface area contributed by atoms with Crippen LogP contribution in [0.3, 0.4) is 0 Å². The number of hydrogen-bond acceptors (Lipinski definition) is 5. The van der Waals surface area contributed by atoms with Gasteiger partial charge in [-0.3, -0.25) is 4.79 Å². The minimum atomic E-state index is -0.440. The third-order valence-electron chi connectivity index (χ3n) is 3.59. The molecule has 1 aromatic carbocycles. The molecule has 2 aromatic rings. The van der Waals surface area contributed by atoms with Gasteiger partial charge >= 0.3 is 0 Å². The van der Waals surface area contributed by atoms with Crippen molar-refractivity contribution in [2.45, 2.75) is 34.2 Å². The zero-order valence-electron chi connectivity index (χ0n) is 14.4. The summed E-state index contributed by atoms with van der Waals surface area (Å²) < 4.78 is 5.19. The van der Waals surface area contributed by atoms with E-state index in [-0.39, 0.29) is 12.5 Å². The van der Waals surface area contributed by atoms with Crippen molar-refractivity contribution in [2.24, 2.45) is 5.41 Å². The van der Waals surface area contributed by atoms with Gasteiger partial charge in [-0.15, -0.1) is 0 Å². The minimum absolute atomic E-state index is 0.0517. The Labute approximate surface area is 136 Å². The quantitative estimate of drug-likeness (QED) is 0.918. The maximum absolute atomic E-state index is 11.8. The predicted molar refractivity (Wildman–Crippen MR) is 90.0 cm³/mol. The molecule has 6 nitrogen and oxygen atoms in total. The number of carbonyl (C=O) groups excluding carboxylic acids is 1. The fourth-order valence-corrected chi connectivity index (χ4v) is 1.91. The van der Waals surface area contributed by atoms with Crippen LogP contribution >= 0.6 is 0 Å². The summed E-state index contributed by atoms with van der Waals surface area (Å²) in [5.41, 5.74) is 1.58. The van der Waals surface area contributed by atoms with Crippen LogP contribution in [-0.4, -0.2) is 29.6 Å². The molecule has 0 atom stereocenters. The van der Waals surface area contributed by atoms with Crippen molar-refractivity contribution in [2.75, 3.05) is 18.5 Å². The molecule has 1 N–H and O–H groups in total. The summed E-state index contributed by atoms with van der Waals surface area (Å²) in [6.07, 6.45) is 0. The van der Waals surface area contributed by atoms with Crippen molar-refractivity contribution < 1.29 is 9.32 Å². The van der Waals surface area contributed by atoms with Crippen LogP contribution in [0.25, 0.3) is 11.4 Å². The largest absolute Gasteiger partial charge is 0.375 e. The van der Waals surface area contributed by atoms with Crippen molar-refractivity contribution in [3.05, 3.63) is 30.2 Å². The number of hydrogen-bond donors (Lipinski definition) is 1. The standard InChI is InChI=1S/C17H24N4O2/c1-6-21(5)13-9-7-12(8-10-13)15-19-14(23-20-15)11-18-16(22)17(2,3)4/h7-10H,6,11H2,1-5H3,(H,18,22). The molecule has 0 saturated heterocycles. The molecular weight excluding hydrogens is 292 g/mol. The first-order chi connectivity index (χ1) is 10.8. The highest BCUT2D eigenvalue weighted by atomic mass is 16.5. The summed E-state index contributed by atoms with van der Waals surface area (Å²) >= 11 is 0. The van der Waals surface area contributed by atoms with Crippen LogP contribution in [0.4, 0.5) is 5.69 Å². The van der Waals surface area contributed by atoms with Crippen LogP contribution in [-0.2, 0) is 11.3 Å². The molecule has 2 rings (SSSR count). The van der Waals surface area contributed by atoms with Crippen molar-refractivity contribution in [3.63, 3.8) is 0 Å². The van der Waals surface area contributed by atoms with Gasteiger partial charge in [-0.25, -0.2) is 0 Å². The summed E-state index contributed by atoms with van der Waals surface area (Å²) in [5.74, 6) is 0.868. The van der Waals surface area contributed by atoms with Crippen LogP contribution in [0.2, 0.25) is 0 Å². The number of carbonyl (C=O) groups is 1. The summed E-state index contributed by atoms with van der Waals surface area (Å²) in [6, 6.07) is 7.97. The van der Waals surface area contributed by atoms with Gasteiger partial charge in [0.25, 0.3) is 0 Å². The molecule has 1 heterocycles. The molecule has 0 radical (unpaired) electrons. The van der Waals surface area contributed by atoms with Gasteiger partial charge in [0, 0.05) is 30.3 Å². The van der Waals surface area contributed by atoms with E-state index in [0.29, 0.717) is 11.7 Å². The number of aromatic nitrogens is 2. The number of rotatable bonds is 5. The second-order valence-corrected chi connectivity index (χ2v) is 6.51. The van der Waals surface area contributed by atoms with Crippen molar-refractivity contribution in [1.29, 1.82) is 0 Å². The van der Waals surface area contributed by atoms with Gasteiger partial charge in [-0.05, 0) is 31.2 Å². The maximum Gasteiger partial charge on any atom is 0.246 e. The molecule has 0 bridgehead atoms. The van der Waals surface area contributed by atoms with Crippen LogP contribution in [0, 0.1) is 5.41 Å². The summed E-state index contributed by atoms with van der Waals surface area (Å²) in [7, 11) is 2.04. The second kappa shape index (κ2) is 6.81. The first-order valence-corrected chi connectivity index (χ1v) is 7.73. The number of amides is 1. The highest BCUT2D eigenvalue weighted by Gasteiger charge is 2.21. The lowest BCUT2D eigenvalue weighted by atomic mass is 9.96. The molecule has 0 spiro atoms. The molecular formula is C17H24N4O2. The number of benzene rings is 1. The van der Waals surface area contributed by atoms with Gasteiger partial charge in [0.1, 0.15) is 0 Å². The zero-order valence-corrected chi connectivity index (χ0v) is 14.4. The Morgan fingerprint density at radius 1 is 1.26 bits per heavy atom. The normalized spacial score (nSPS) is 11.3. The van der Waals surface area contributed by atoms with E-state index >= 15 is 0 Å². The van der Waals surface area contributed by atoms with E-state index in [1.807, 2.05) is 52.1 Å². The lowest BCUT2D eigenvalue weighted by Gasteiger charge is -2.16. The summed E-state index contributed by atoms with van der Waals surface area (Å²) in [5, 5.41) is 6.76. The number of nitrogens with zero attached hydrogens (tertiary/aromatic N) is 3. The highest BCUT2D eigenvalue weighted by molar-refractivity contribution is 5.81. The summed E-state index contributed by atoms with van der Waals surface area (Å²) in [6.45, 7) is 8.85. The lowest BCUT2D eigenvalue weighted by Crippen LogP contribution is -2.34. The van der Waals surface area contributed by atoms with E-state index in [9.17, 15) is 4.79 Å². The van der Waals surface area contributed by atoms with E-state index in [0.717, 1.165) is 17.8 Å². The molecule has 0 saturated carbocycles. The first-order valence-electron chi connectivity index (χ1n) is 7.73. The number of anilines is 1. The van der Waals surface area contributed by atoms with Crippen molar-refractivity contribution >= 4 is 11.6 Å². The van der Waals surface area contributed by atoms with E-state index in [2.05, 4.69) is 27.3 Å². The highest BCUT2D eigenvalue weighted by Crippen LogP contribution is 2.20. The molecule has 0 aliphatic heterocycles. The fraction of sp³-hybridized carbons (Fsp3) is 0.471. The van der Waals surface area contributed by atoms with Gasteiger partial charge in [-0.1, -0.05) is 25.9 Å². The van der Waals surface area contributed by atoms with Gasteiger partial charge in [0.15, 0.2) is 0 Å². The fourth-order valence-electron chi connectivity index (χ4n) is 1.91. The second-order valence-electron chi connectivity index (χ2n) is 6.51.